The molecule has 0 aliphatic carbocycles. The van der Waals surface area contributed by atoms with Gasteiger partial charge in [0, 0.05) is 12.7 Å². The van der Waals surface area contributed by atoms with Crippen molar-refractivity contribution < 1.29 is 0 Å². The van der Waals surface area contributed by atoms with Crippen LogP contribution in [0.25, 0.3) is 0 Å². The molecule has 0 aliphatic heterocycles. The van der Waals surface area contributed by atoms with Gasteiger partial charge in [-0.3, -0.25) is 9.67 Å². The number of hydrogen-bond acceptors (Lipinski definition) is 3. The monoisotopic (exact) mass is 308 g/mol. The molecule has 4 nitrogen and oxygen atoms in total. The minimum Gasteiger partial charge on any atom is -0.307 e. The number of aryl methyl sites for hydroxylation is 2. The fourth-order valence-corrected chi connectivity index (χ4v) is 2.58. The second-order valence-electron chi connectivity index (χ2n) is 4.17. The van der Waals surface area contributed by atoms with E-state index in [2.05, 4.69) is 51.2 Å². The summed E-state index contributed by atoms with van der Waals surface area (Å²) in [5, 5.41) is 7.66. The predicted molar refractivity (Wildman–Crippen MR) is 75.5 cm³/mol. The molecule has 2 aromatic heterocycles. The Balaban J connectivity index is 2.48. The second kappa shape index (κ2) is 5.63. The summed E-state index contributed by atoms with van der Waals surface area (Å²) in [4.78, 5) is 4.46. The van der Waals surface area contributed by atoms with Crippen molar-refractivity contribution in [2.24, 2.45) is 0 Å². The first-order valence-electron chi connectivity index (χ1n) is 5.98. The van der Waals surface area contributed by atoms with Gasteiger partial charge in [0.15, 0.2) is 0 Å². The number of halogens is 1. The van der Waals surface area contributed by atoms with Gasteiger partial charge in [-0.05, 0) is 54.5 Å². The van der Waals surface area contributed by atoms with Crippen LogP contribution in [0, 0.1) is 6.92 Å². The maximum atomic E-state index is 4.46. The summed E-state index contributed by atoms with van der Waals surface area (Å²) in [7, 11) is 1.94. The molecule has 96 valence electrons. The standard InChI is InChI=1S/C13H17BrN4/c1-4-18-13(10(14)8-17-18)12(15-3)11-7-9(2)5-6-16-11/h5-8,12,15H,4H2,1-3H3. The third-order valence-electron chi connectivity index (χ3n) is 2.93. The molecular formula is C13H17BrN4. The summed E-state index contributed by atoms with van der Waals surface area (Å²) < 4.78 is 2.99. The van der Waals surface area contributed by atoms with E-state index in [-0.39, 0.29) is 6.04 Å². The Morgan fingerprint density at radius 1 is 1.50 bits per heavy atom. The van der Waals surface area contributed by atoms with Crippen molar-refractivity contribution in [2.75, 3.05) is 7.05 Å². The Morgan fingerprint density at radius 2 is 2.28 bits per heavy atom. The number of nitrogens with zero attached hydrogens (tertiary/aromatic N) is 3. The number of pyridine rings is 1. The molecule has 2 rings (SSSR count). The van der Waals surface area contributed by atoms with Gasteiger partial charge in [-0.2, -0.15) is 5.10 Å². The lowest BCUT2D eigenvalue weighted by Gasteiger charge is -2.18. The van der Waals surface area contributed by atoms with Gasteiger partial charge in [0.05, 0.1) is 28.1 Å². The van der Waals surface area contributed by atoms with Crippen LogP contribution in [-0.4, -0.2) is 21.8 Å². The zero-order valence-corrected chi connectivity index (χ0v) is 12.4. The van der Waals surface area contributed by atoms with E-state index < -0.39 is 0 Å². The van der Waals surface area contributed by atoms with Crippen LogP contribution < -0.4 is 5.32 Å². The van der Waals surface area contributed by atoms with Crippen LogP contribution in [0.5, 0.6) is 0 Å². The van der Waals surface area contributed by atoms with E-state index in [4.69, 9.17) is 0 Å². The highest BCUT2D eigenvalue weighted by Crippen LogP contribution is 2.27. The third-order valence-corrected chi connectivity index (χ3v) is 3.54. The van der Waals surface area contributed by atoms with Gasteiger partial charge in [-0.1, -0.05) is 0 Å². The zero-order chi connectivity index (χ0) is 13.1. The Labute approximate surface area is 116 Å². The van der Waals surface area contributed by atoms with Crippen LogP contribution in [0.2, 0.25) is 0 Å². The van der Waals surface area contributed by atoms with Crippen LogP contribution >= 0.6 is 15.9 Å². The normalized spacial score (nSPS) is 12.7. The number of nitrogens with one attached hydrogen (secondary N) is 1. The first kappa shape index (κ1) is 13.2. The first-order valence-corrected chi connectivity index (χ1v) is 6.77. The Bertz CT molecular complexity index is 536. The van der Waals surface area contributed by atoms with Crippen LogP contribution in [0.1, 0.15) is 29.9 Å². The average Bonchev–Trinajstić information content (AvgIpc) is 2.72. The average molecular weight is 309 g/mol. The van der Waals surface area contributed by atoms with E-state index in [0.29, 0.717) is 0 Å². The molecule has 0 aliphatic rings. The van der Waals surface area contributed by atoms with Crippen molar-refractivity contribution in [2.45, 2.75) is 26.4 Å². The summed E-state index contributed by atoms with van der Waals surface area (Å²) in [6.45, 7) is 4.99. The van der Waals surface area contributed by atoms with Crippen molar-refractivity contribution in [1.29, 1.82) is 0 Å². The van der Waals surface area contributed by atoms with E-state index in [9.17, 15) is 0 Å². The Hall–Kier alpha value is -1.20. The van der Waals surface area contributed by atoms with E-state index >= 15 is 0 Å². The first-order chi connectivity index (χ1) is 8.67. The predicted octanol–water partition coefficient (Wildman–Crippen LogP) is 2.68. The molecule has 1 N–H and O–H groups in total. The molecule has 0 aromatic carbocycles. The fraction of sp³-hybridized carbons (Fsp3) is 0.385. The quantitative estimate of drug-likeness (QED) is 0.944. The molecule has 0 amide bonds. The summed E-state index contributed by atoms with van der Waals surface area (Å²) in [6.07, 6.45) is 3.68. The Kier molecular flexibility index (Phi) is 4.14. The molecule has 18 heavy (non-hydrogen) atoms. The number of rotatable bonds is 4. The maximum Gasteiger partial charge on any atom is 0.0931 e. The largest absolute Gasteiger partial charge is 0.307 e. The third kappa shape index (κ3) is 2.47. The molecule has 2 aromatic rings. The van der Waals surface area contributed by atoms with Crippen LogP contribution in [-0.2, 0) is 6.54 Å². The SMILES string of the molecule is CCn1ncc(Br)c1C(NC)c1cc(C)ccn1. The number of aromatic nitrogens is 3. The second-order valence-corrected chi connectivity index (χ2v) is 5.03. The van der Waals surface area contributed by atoms with Crippen molar-refractivity contribution in [3.05, 3.63) is 46.0 Å². The summed E-state index contributed by atoms with van der Waals surface area (Å²) in [5.74, 6) is 0. The highest BCUT2D eigenvalue weighted by Gasteiger charge is 2.21. The summed E-state index contributed by atoms with van der Waals surface area (Å²) >= 11 is 3.56. The van der Waals surface area contributed by atoms with Crippen LogP contribution in [0.4, 0.5) is 0 Å². The number of hydrogen-bond donors (Lipinski definition) is 1. The van der Waals surface area contributed by atoms with Gasteiger partial charge in [-0.25, -0.2) is 0 Å². The summed E-state index contributed by atoms with van der Waals surface area (Å²) in [5.41, 5.74) is 3.32. The topological polar surface area (TPSA) is 42.7 Å². The molecular weight excluding hydrogens is 292 g/mol. The van der Waals surface area contributed by atoms with Crippen LogP contribution in [0.3, 0.4) is 0 Å². The van der Waals surface area contributed by atoms with Crippen LogP contribution in [0.15, 0.2) is 29.0 Å². The van der Waals surface area contributed by atoms with Gasteiger partial charge in [0.25, 0.3) is 0 Å². The fourth-order valence-electron chi connectivity index (χ4n) is 2.05. The molecule has 0 saturated carbocycles. The van der Waals surface area contributed by atoms with Crippen molar-refractivity contribution in [1.82, 2.24) is 20.1 Å². The highest BCUT2D eigenvalue weighted by atomic mass is 79.9. The lowest BCUT2D eigenvalue weighted by molar-refractivity contribution is 0.554. The highest BCUT2D eigenvalue weighted by molar-refractivity contribution is 9.10. The van der Waals surface area contributed by atoms with E-state index in [1.54, 1.807) is 0 Å². The van der Waals surface area contributed by atoms with Gasteiger partial charge in [0.1, 0.15) is 0 Å². The van der Waals surface area contributed by atoms with Crippen molar-refractivity contribution >= 4 is 15.9 Å². The molecule has 0 saturated heterocycles. The van der Waals surface area contributed by atoms with Crippen molar-refractivity contribution in [3.8, 4) is 0 Å². The molecule has 1 unspecified atom stereocenters. The van der Waals surface area contributed by atoms with E-state index in [1.807, 2.05) is 30.2 Å². The lowest BCUT2D eigenvalue weighted by atomic mass is 10.1. The zero-order valence-electron chi connectivity index (χ0n) is 10.8. The van der Waals surface area contributed by atoms with E-state index in [0.717, 1.165) is 22.4 Å². The maximum absolute atomic E-state index is 4.46. The summed E-state index contributed by atoms with van der Waals surface area (Å²) in [6, 6.07) is 4.14. The smallest absolute Gasteiger partial charge is 0.0931 e. The minimum atomic E-state index is 0.0433. The lowest BCUT2D eigenvalue weighted by Crippen LogP contribution is -2.22. The van der Waals surface area contributed by atoms with Gasteiger partial charge < -0.3 is 5.32 Å². The molecule has 0 fully saturated rings. The van der Waals surface area contributed by atoms with Gasteiger partial charge >= 0.3 is 0 Å². The molecule has 2 heterocycles. The molecule has 0 bridgehead atoms. The Morgan fingerprint density at radius 3 is 2.89 bits per heavy atom. The molecule has 0 radical (unpaired) electrons. The molecule has 1 atom stereocenters. The minimum absolute atomic E-state index is 0.0433. The molecule has 0 spiro atoms. The van der Waals surface area contributed by atoms with Crippen molar-refractivity contribution in [3.63, 3.8) is 0 Å². The van der Waals surface area contributed by atoms with Gasteiger partial charge in [0.2, 0.25) is 0 Å². The van der Waals surface area contributed by atoms with Gasteiger partial charge in [-0.15, -0.1) is 0 Å². The van der Waals surface area contributed by atoms with E-state index in [1.165, 1.54) is 5.56 Å². The molecule has 5 heteroatoms.